The second-order valence-corrected chi connectivity index (χ2v) is 6.04. The van der Waals surface area contributed by atoms with Gasteiger partial charge in [0.15, 0.2) is 0 Å². The molecule has 0 radical (unpaired) electrons. The van der Waals surface area contributed by atoms with Crippen molar-refractivity contribution in [2.24, 2.45) is 5.92 Å². The minimum absolute atomic E-state index is 0.586. The van der Waals surface area contributed by atoms with Gasteiger partial charge in [0.1, 0.15) is 5.82 Å². The monoisotopic (exact) mass is 313 g/mol. The molecule has 0 unspecified atom stereocenters. The molecular formula is C16H23N7. The van der Waals surface area contributed by atoms with Gasteiger partial charge in [0.05, 0.1) is 0 Å². The summed E-state index contributed by atoms with van der Waals surface area (Å²) >= 11 is 0. The van der Waals surface area contributed by atoms with Gasteiger partial charge in [-0.1, -0.05) is 13.8 Å². The Labute approximate surface area is 136 Å². The summed E-state index contributed by atoms with van der Waals surface area (Å²) in [7, 11) is 0. The lowest BCUT2D eigenvalue weighted by Gasteiger charge is -2.34. The average molecular weight is 313 g/mol. The summed E-state index contributed by atoms with van der Waals surface area (Å²) in [5.74, 6) is 3.05. The van der Waals surface area contributed by atoms with Gasteiger partial charge in [0.2, 0.25) is 11.9 Å². The molecule has 2 aromatic rings. The predicted molar refractivity (Wildman–Crippen MR) is 91.8 cm³/mol. The Morgan fingerprint density at radius 1 is 0.957 bits per heavy atom. The molecule has 1 saturated heterocycles. The van der Waals surface area contributed by atoms with Gasteiger partial charge >= 0.3 is 0 Å². The van der Waals surface area contributed by atoms with Crippen molar-refractivity contribution >= 4 is 17.7 Å². The molecule has 3 heterocycles. The van der Waals surface area contributed by atoms with Crippen LogP contribution in [0.25, 0.3) is 0 Å². The number of aromatic nitrogens is 4. The van der Waals surface area contributed by atoms with Crippen LogP contribution < -0.4 is 15.1 Å². The third-order valence-electron chi connectivity index (χ3n) is 3.73. The Hall–Kier alpha value is -2.44. The zero-order chi connectivity index (χ0) is 16.1. The number of nitrogens with zero attached hydrogens (tertiary/aromatic N) is 6. The first kappa shape index (κ1) is 15.5. The zero-order valence-electron chi connectivity index (χ0n) is 13.7. The van der Waals surface area contributed by atoms with E-state index in [0.29, 0.717) is 5.92 Å². The minimum atomic E-state index is 0.586. The highest BCUT2D eigenvalue weighted by Crippen LogP contribution is 2.16. The van der Waals surface area contributed by atoms with Gasteiger partial charge in [-0.05, 0) is 18.1 Å². The van der Waals surface area contributed by atoms with Crippen molar-refractivity contribution in [3.05, 3.63) is 30.7 Å². The first-order valence-electron chi connectivity index (χ1n) is 8.06. The third kappa shape index (κ3) is 4.06. The van der Waals surface area contributed by atoms with Crippen LogP contribution >= 0.6 is 0 Å². The van der Waals surface area contributed by atoms with Gasteiger partial charge in [-0.3, -0.25) is 0 Å². The Kier molecular flexibility index (Phi) is 4.85. The van der Waals surface area contributed by atoms with E-state index in [-0.39, 0.29) is 0 Å². The Morgan fingerprint density at radius 3 is 2.22 bits per heavy atom. The van der Waals surface area contributed by atoms with Crippen molar-refractivity contribution in [2.75, 3.05) is 47.8 Å². The maximum absolute atomic E-state index is 4.62. The van der Waals surface area contributed by atoms with Gasteiger partial charge in [-0.25, -0.2) is 15.0 Å². The maximum Gasteiger partial charge on any atom is 0.227 e. The fraction of sp³-hybridized carbons (Fsp3) is 0.500. The highest BCUT2D eigenvalue weighted by Gasteiger charge is 2.20. The van der Waals surface area contributed by atoms with Crippen molar-refractivity contribution in [3.8, 4) is 0 Å². The first-order chi connectivity index (χ1) is 11.2. The molecule has 0 spiro atoms. The van der Waals surface area contributed by atoms with Crippen LogP contribution in [-0.2, 0) is 0 Å². The summed E-state index contributed by atoms with van der Waals surface area (Å²) in [4.78, 5) is 22.1. The molecule has 0 amide bonds. The SMILES string of the molecule is CC(C)CNc1ccnc(N2CCN(c3ncccn3)CC2)n1. The van der Waals surface area contributed by atoms with Crippen LogP contribution in [-0.4, -0.2) is 52.7 Å². The predicted octanol–water partition coefficient (Wildman–Crippen LogP) is 1.66. The van der Waals surface area contributed by atoms with Crippen molar-refractivity contribution in [3.63, 3.8) is 0 Å². The van der Waals surface area contributed by atoms with Crippen molar-refractivity contribution in [1.82, 2.24) is 19.9 Å². The van der Waals surface area contributed by atoms with Crippen LogP contribution in [0.1, 0.15) is 13.8 Å². The van der Waals surface area contributed by atoms with E-state index in [4.69, 9.17) is 0 Å². The molecule has 1 aliphatic heterocycles. The topological polar surface area (TPSA) is 70.1 Å². The molecule has 122 valence electrons. The number of hydrogen-bond acceptors (Lipinski definition) is 7. The van der Waals surface area contributed by atoms with Crippen molar-refractivity contribution in [1.29, 1.82) is 0 Å². The molecule has 3 rings (SSSR count). The van der Waals surface area contributed by atoms with E-state index in [1.54, 1.807) is 12.4 Å². The second-order valence-electron chi connectivity index (χ2n) is 6.04. The maximum atomic E-state index is 4.62. The van der Waals surface area contributed by atoms with E-state index in [9.17, 15) is 0 Å². The molecule has 2 aromatic heterocycles. The van der Waals surface area contributed by atoms with Gasteiger partial charge in [0.25, 0.3) is 0 Å². The van der Waals surface area contributed by atoms with E-state index in [2.05, 4.69) is 48.9 Å². The minimum Gasteiger partial charge on any atom is -0.370 e. The number of anilines is 3. The van der Waals surface area contributed by atoms with Gasteiger partial charge < -0.3 is 15.1 Å². The van der Waals surface area contributed by atoms with Crippen LogP contribution in [0.5, 0.6) is 0 Å². The molecule has 1 aliphatic rings. The Bertz CT molecular complexity index is 609. The van der Waals surface area contributed by atoms with Gasteiger partial charge in [-0.2, -0.15) is 4.98 Å². The van der Waals surface area contributed by atoms with Crippen LogP contribution in [0.3, 0.4) is 0 Å². The Morgan fingerprint density at radius 2 is 1.57 bits per heavy atom. The fourth-order valence-electron chi connectivity index (χ4n) is 2.47. The standard InChI is InChI=1S/C16H23N7/c1-13(2)12-20-14-4-7-19-16(21-14)23-10-8-22(9-11-23)15-17-5-3-6-18-15/h3-7,13H,8-12H2,1-2H3,(H,19,20,21). The molecular weight excluding hydrogens is 290 g/mol. The number of nitrogens with one attached hydrogen (secondary N) is 1. The van der Waals surface area contributed by atoms with Crippen LogP contribution in [0.2, 0.25) is 0 Å². The van der Waals surface area contributed by atoms with E-state index >= 15 is 0 Å². The molecule has 23 heavy (non-hydrogen) atoms. The van der Waals surface area contributed by atoms with Crippen LogP contribution in [0, 0.1) is 5.92 Å². The van der Waals surface area contributed by atoms with E-state index in [0.717, 1.165) is 50.4 Å². The molecule has 7 nitrogen and oxygen atoms in total. The van der Waals surface area contributed by atoms with Gasteiger partial charge in [-0.15, -0.1) is 0 Å². The van der Waals surface area contributed by atoms with Crippen LogP contribution in [0.15, 0.2) is 30.7 Å². The van der Waals surface area contributed by atoms with Gasteiger partial charge in [0, 0.05) is 51.3 Å². The molecule has 7 heteroatoms. The number of hydrogen-bond donors (Lipinski definition) is 1. The average Bonchev–Trinajstić information content (AvgIpc) is 2.61. The van der Waals surface area contributed by atoms with E-state index < -0.39 is 0 Å². The first-order valence-corrected chi connectivity index (χ1v) is 8.06. The molecule has 1 fully saturated rings. The van der Waals surface area contributed by atoms with Crippen molar-refractivity contribution < 1.29 is 0 Å². The lowest BCUT2D eigenvalue weighted by Crippen LogP contribution is -2.47. The van der Waals surface area contributed by atoms with Crippen molar-refractivity contribution in [2.45, 2.75) is 13.8 Å². The zero-order valence-corrected chi connectivity index (χ0v) is 13.7. The summed E-state index contributed by atoms with van der Waals surface area (Å²) in [5.41, 5.74) is 0. The molecule has 0 atom stereocenters. The smallest absolute Gasteiger partial charge is 0.227 e. The summed E-state index contributed by atoms with van der Waals surface area (Å²) < 4.78 is 0. The highest BCUT2D eigenvalue weighted by atomic mass is 15.4. The lowest BCUT2D eigenvalue weighted by atomic mass is 10.2. The second kappa shape index (κ2) is 7.21. The molecule has 0 saturated carbocycles. The number of rotatable bonds is 5. The summed E-state index contributed by atoms with van der Waals surface area (Å²) in [6.45, 7) is 8.75. The largest absolute Gasteiger partial charge is 0.370 e. The molecule has 0 bridgehead atoms. The Balaban J connectivity index is 1.60. The quantitative estimate of drug-likeness (QED) is 0.900. The third-order valence-corrected chi connectivity index (χ3v) is 3.73. The molecule has 0 aromatic carbocycles. The van der Waals surface area contributed by atoms with E-state index in [1.165, 1.54) is 0 Å². The summed E-state index contributed by atoms with van der Waals surface area (Å²) in [6, 6.07) is 3.75. The molecule has 0 aliphatic carbocycles. The van der Waals surface area contributed by atoms with Crippen LogP contribution in [0.4, 0.5) is 17.7 Å². The summed E-state index contributed by atoms with van der Waals surface area (Å²) in [6.07, 6.45) is 5.38. The summed E-state index contributed by atoms with van der Waals surface area (Å²) in [5, 5.41) is 3.35. The van der Waals surface area contributed by atoms with E-state index in [1.807, 2.05) is 18.3 Å². The normalized spacial score (nSPS) is 15.1. The number of piperazine rings is 1. The highest BCUT2D eigenvalue weighted by molar-refractivity contribution is 5.43. The fourth-order valence-corrected chi connectivity index (χ4v) is 2.47. The molecule has 1 N–H and O–H groups in total. The lowest BCUT2D eigenvalue weighted by molar-refractivity contribution is 0.627.